The molecule has 0 heterocycles. The summed E-state index contributed by atoms with van der Waals surface area (Å²) in [4.78, 5) is 22.8. The fourth-order valence-electron chi connectivity index (χ4n) is 6.14. The quantitative estimate of drug-likeness (QED) is 0.780. The molecule has 3 aliphatic rings. The maximum Gasteiger partial charge on any atom is 0.306 e. The number of benzene rings is 1. The van der Waals surface area contributed by atoms with E-state index in [9.17, 15) is 14.7 Å². The van der Waals surface area contributed by atoms with E-state index >= 15 is 0 Å². The van der Waals surface area contributed by atoms with Gasteiger partial charge in [-0.3, -0.25) is 9.59 Å². The molecule has 5 nitrogen and oxygen atoms in total. The Morgan fingerprint density at radius 3 is 2.78 bits per heavy atom. The maximum absolute atomic E-state index is 12.1. The normalized spacial score (nSPS) is 34.3. The van der Waals surface area contributed by atoms with Crippen LogP contribution in [-0.2, 0) is 20.7 Å². The number of ether oxygens (including phenoxy) is 1. The number of esters is 1. The number of carboxylic acid groups (broad SMARTS) is 1. The minimum absolute atomic E-state index is 0.00548. The molecule has 0 spiro atoms. The van der Waals surface area contributed by atoms with Gasteiger partial charge in [-0.25, -0.2) is 0 Å². The Morgan fingerprint density at radius 2 is 2.00 bits per heavy atom. The number of phenolic OH excluding ortho intramolecular Hbond substituents is 1. The molecular formula is C22H28O5. The summed E-state index contributed by atoms with van der Waals surface area (Å²) in [5, 5.41) is 18.6. The van der Waals surface area contributed by atoms with Gasteiger partial charge in [-0.1, -0.05) is 13.0 Å². The monoisotopic (exact) mass is 372 g/mol. The molecule has 1 aromatic carbocycles. The zero-order valence-electron chi connectivity index (χ0n) is 15.8. The maximum atomic E-state index is 12.1. The Balaban J connectivity index is 1.49. The van der Waals surface area contributed by atoms with Crippen LogP contribution >= 0.6 is 0 Å². The number of hydrogen-bond acceptors (Lipinski definition) is 4. The van der Waals surface area contributed by atoms with E-state index in [1.165, 1.54) is 11.1 Å². The third-order valence-corrected chi connectivity index (χ3v) is 7.44. The third-order valence-electron chi connectivity index (χ3n) is 7.44. The van der Waals surface area contributed by atoms with Gasteiger partial charge in [0.1, 0.15) is 11.9 Å². The molecule has 5 heteroatoms. The van der Waals surface area contributed by atoms with Crippen molar-refractivity contribution in [3.8, 4) is 5.75 Å². The van der Waals surface area contributed by atoms with E-state index in [-0.39, 0.29) is 30.3 Å². The topological polar surface area (TPSA) is 83.8 Å². The summed E-state index contributed by atoms with van der Waals surface area (Å²) >= 11 is 0. The minimum atomic E-state index is -0.963. The Bertz CT molecular complexity index is 757. The van der Waals surface area contributed by atoms with Gasteiger partial charge in [-0.15, -0.1) is 0 Å². The number of aryl methyl sites for hydroxylation is 1. The second-order valence-corrected chi connectivity index (χ2v) is 8.79. The van der Waals surface area contributed by atoms with Crippen molar-refractivity contribution in [2.45, 2.75) is 70.3 Å². The fraction of sp³-hybridized carbons (Fsp3) is 0.636. The summed E-state index contributed by atoms with van der Waals surface area (Å²) in [6, 6.07) is 5.82. The number of aromatic hydroxyl groups is 1. The Morgan fingerprint density at radius 1 is 1.19 bits per heavy atom. The van der Waals surface area contributed by atoms with Crippen LogP contribution in [-0.4, -0.2) is 28.3 Å². The lowest BCUT2D eigenvalue weighted by atomic mass is 9.55. The molecule has 0 unspecified atom stereocenters. The summed E-state index contributed by atoms with van der Waals surface area (Å²) in [7, 11) is 0. The molecule has 2 fully saturated rings. The first-order valence-electron chi connectivity index (χ1n) is 10.1. The average molecular weight is 372 g/mol. The van der Waals surface area contributed by atoms with Crippen LogP contribution in [0.25, 0.3) is 0 Å². The number of carboxylic acids is 1. The lowest BCUT2D eigenvalue weighted by Gasteiger charge is -2.50. The Hall–Kier alpha value is -2.04. The summed E-state index contributed by atoms with van der Waals surface area (Å²) in [6.07, 6.45) is 5.88. The smallest absolute Gasteiger partial charge is 0.306 e. The number of rotatable bonds is 4. The highest BCUT2D eigenvalue weighted by molar-refractivity contribution is 5.76. The highest BCUT2D eigenvalue weighted by Gasteiger charge is 2.56. The molecule has 0 amide bonds. The Kier molecular flexibility index (Phi) is 4.65. The molecule has 5 atom stereocenters. The average Bonchev–Trinajstić information content (AvgIpc) is 2.96. The Labute approximate surface area is 159 Å². The molecule has 0 aliphatic heterocycles. The fourth-order valence-corrected chi connectivity index (χ4v) is 6.14. The molecule has 2 saturated carbocycles. The second-order valence-electron chi connectivity index (χ2n) is 8.79. The molecule has 3 aliphatic carbocycles. The van der Waals surface area contributed by atoms with Crippen LogP contribution in [0.1, 0.15) is 68.9 Å². The zero-order valence-corrected chi connectivity index (χ0v) is 15.8. The molecule has 146 valence electrons. The van der Waals surface area contributed by atoms with Crippen LogP contribution in [0, 0.1) is 17.3 Å². The molecule has 0 radical (unpaired) electrons. The third kappa shape index (κ3) is 3.21. The van der Waals surface area contributed by atoms with Crippen LogP contribution in [0.15, 0.2) is 18.2 Å². The van der Waals surface area contributed by atoms with Gasteiger partial charge >= 0.3 is 11.9 Å². The van der Waals surface area contributed by atoms with Gasteiger partial charge < -0.3 is 14.9 Å². The first-order chi connectivity index (χ1) is 12.9. The van der Waals surface area contributed by atoms with Crippen molar-refractivity contribution in [2.75, 3.05) is 0 Å². The number of hydrogen-bond donors (Lipinski definition) is 2. The molecule has 0 aromatic heterocycles. The van der Waals surface area contributed by atoms with E-state index in [2.05, 4.69) is 13.0 Å². The van der Waals surface area contributed by atoms with E-state index in [1.807, 2.05) is 6.07 Å². The van der Waals surface area contributed by atoms with Gasteiger partial charge in [0.15, 0.2) is 0 Å². The molecule has 4 rings (SSSR count). The van der Waals surface area contributed by atoms with E-state index in [4.69, 9.17) is 9.84 Å². The predicted molar refractivity (Wildman–Crippen MR) is 99.5 cm³/mol. The van der Waals surface area contributed by atoms with Gasteiger partial charge in [0.2, 0.25) is 0 Å². The van der Waals surface area contributed by atoms with Gasteiger partial charge in [-0.05, 0) is 79.5 Å². The van der Waals surface area contributed by atoms with Gasteiger partial charge in [-0.2, -0.15) is 0 Å². The molecular weight excluding hydrogens is 344 g/mol. The van der Waals surface area contributed by atoms with Crippen molar-refractivity contribution < 1.29 is 24.5 Å². The zero-order chi connectivity index (χ0) is 19.2. The van der Waals surface area contributed by atoms with Crippen LogP contribution in [0.5, 0.6) is 5.75 Å². The molecule has 0 bridgehead atoms. The first kappa shape index (κ1) is 18.3. The number of fused-ring (bicyclic) bond motifs is 5. The number of carbonyl (C=O) groups is 2. The van der Waals surface area contributed by atoms with E-state index < -0.39 is 5.97 Å². The van der Waals surface area contributed by atoms with Crippen LogP contribution in [0.2, 0.25) is 0 Å². The first-order valence-corrected chi connectivity index (χ1v) is 10.1. The largest absolute Gasteiger partial charge is 0.508 e. The SMILES string of the molecule is C[C@]12CC[C@H]3c4ccc(O)cc4CC[C@@H]3[C@@H]1CC[C@H]2OC(=O)CCC(=O)O. The minimum Gasteiger partial charge on any atom is -0.508 e. The van der Waals surface area contributed by atoms with Crippen LogP contribution in [0.3, 0.4) is 0 Å². The number of phenols is 1. The van der Waals surface area contributed by atoms with Gasteiger partial charge in [0.05, 0.1) is 12.8 Å². The van der Waals surface area contributed by atoms with E-state index in [0.29, 0.717) is 23.5 Å². The van der Waals surface area contributed by atoms with Gasteiger partial charge in [0.25, 0.3) is 0 Å². The van der Waals surface area contributed by atoms with E-state index in [1.54, 1.807) is 6.07 Å². The summed E-state index contributed by atoms with van der Waals surface area (Å²) in [5.41, 5.74) is 2.68. The van der Waals surface area contributed by atoms with Crippen LogP contribution < -0.4 is 0 Å². The molecule has 0 saturated heterocycles. The summed E-state index contributed by atoms with van der Waals surface area (Å²) in [5.74, 6) is 0.681. The summed E-state index contributed by atoms with van der Waals surface area (Å²) in [6.45, 7) is 2.27. The lowest BCUT2D eigenvalue weighted by molar-refractivity contribution is -0.159. The molecule has 2 N–H and O–H groups in total. The summed E-state index contributed by atoms with van der Waals surface area (Å²) < 4.78 is 5.76. The van der Waals surface area contributed by atoms with Gasteiger partial charge in [0, 0.05) is 5.41 Å². The van der Waals surface area contributed by atoms with Crippen molar-refractivity contribution in [3.63, 3.8) is 0 Å². The van der Waals surface area contributed by atoms with Crippen molar-refractivity contribution in [1.82, 2.24) is 0 Å². The van der Waals surface area contributed by atoms with Crippen molar-refractivity contribution in [3.05, 3.63) is 29.3 Å². The van der Waals surface area contributed by atoms with Crippen molar-refractivity contribution >= 4 is 11.9 Å². The molecule has 27 heavy (non-hydrogen) atoms. The van der Waals surface area contributed by atoms with Crippen molar-refractivity contribution in [2.24, 2.45) is 17.3 Å². The number of carbonyl (C=O) groups excluding carboxylic acids is 1. The highest BCUT2D eigenvalue weighted by atomic mass is 16.5. The molecule has 1 aromatic rings. The van der Waals surface area contributed by atoms with Crippen molar-refractivity contribution in [1.29, 1.82) is 0 Å². The highest BCUT2D eigenvalue weighted by Crippen LogP contribution is 2.61. The predicted octanol–water partition coefficient (Wildman–Crippen LogP) is 4.02. The standard InChI is InChI=1S/C22H28O5/c1-22-11-10-16-15-5-3-14(23)12-13(15)2-4-17(16)18(22)6-7-19(22)27-21(26)9-8-20(24)25/h3,5,12,16-19,23H,2,4,6-11H2,1H3,(H,24,25)/t16-,17-,18-,19+,22-/m0/s1. The number of aliphatic carboxylic acids is 1. The lowest BCUT2D eigenvalue weighted by Crippen LogP contribution is -2.45. The van der Waals surface area contributed by atoms with E-state index in [0.717, 1.165) is 38.5 Å². The second kappa shape index (κ2) is 6.84. The van der Waals surface area contributed by atoms with Crippen LogP contribution in [0.4, 0.5) is 0 Å².